The van der Waals surface area contributed by atoms with E-state index >= 15 is 0 Å². The van der Waals surface area contributed by atoms with Gasteiger partial charge in [0.2, 0.25) is 0 Å². The van der Waals surface area contributed by atoms with Crippen LogP contribution in [0.5, 0.6) is 0 Å². The van der Waals surface area contributed by atoms with Crippen LogP contribution in [0, 0.1) is 0 Å². The van der Waals surface area contributed by atoms with Crippen LogP contribution in [0.2, 0.25) is 0 Å². The Bertz CT molecular complexity index is 491. The summed E-state index contributed by atoms with van der Waals surface area (Å²) in [7, 11) is 4.02. The normalized spacial score (nSPS) is 20.9. The van der Waals surface area contributed by atoms with Crippen molar-refractivity contribution in [3.8, 4) is 0 Å². The molecule has 1 saturated carbocycles. The van der Waals surface area contributed by atoms with Gasteiger partial charge in [0.05, 0.1) is 0 Å². The fourth-order valence-corrected chi connectivity index (χ4v) is 3.96. The zero-order valence-corrected chi connectivity index (χ0v) is 16.1. The Labute approximate surface area is 151 Å². The number of nitrogens with one attached hydrogen (secondary N) is 2. The van der Waals surface area contributed by atoms with Gasteiger partial charge in [0, 0.05) is 44.2 Å². The van der Waals surface area contributed by atoms with E-state index < -0.39 is 0 Å². The maximum absolute atomic E-state index is 4.36. The van der Waals surface area contributed by atoms with Crippen molar-refractivity contribution >= 4 is 23.4 Å². The lowest BCUT2D eigenvalue weighted by Crippen LogP contribution is -2.43. The van der Waals surface area contributed by atoms with Crippen LogP contribution in [-0.2, 0) is 0 Å². The van der Waals surface area contributed by atoms with Crippen LogP contribution in [-0.4, -0.2) is 50.7 Å². The first-order chi connectivity index (χ1) is 11.7. The first-order valence-corrected chi connectivity index (χ1v) is 10.3. The quantitative estimate of drug-likeness (QED) is 0.429. The third-order valence-electron chi connectivity index (χ3n) is 4.69. The number of hydrogen-bond donors (Lipinski definition) is 2. The average Bonchev–Trinajstić information content (AvgIpc) is 3.08. The Morgan fingerprint density at radius 3 is 2.71 bits per heavy atom. The number of thioether (sulfide) groups is 1. The predicted octanol–water partition coefficient (Wildman–Crippen LogP) is 3.35. The molecule has 2 atom stereocenters. The van der Waals surface area contributed by atoms with Gasteiger partial charge in [0.25, 0.3) is 0 Å². The van der Waals surface area contributed by atoms with Crippen LogP contribution in [0.3, 0.4) is 0 Å². The van der Waals surface area contributed by atoms with E-state index in [0.29, 0.717) is 6.04 Å². The summed E-state index contributed by atoms with van der Waals surface area (Å²) in [5.74, 6) is 0.957. The molecule has 0 saturated heterocycles. The van der Waals surface area contributed by atoms with Crippen molar-refractivity contribution in [3.05, 3.63) is 30.3 Å². The van der Waals surface area contributed by atoms with E-state index in [9.17, 15) is 0 Å². The molecule has 0 bridgehead atoms. The lowest BCUT2D eigenvalue weighted by Gasteiger charge is -2.20. The molecule has 5 heteroatoms. The number of rotatable bonds is 8. The number of anilines is 1. The standard InChI is InChI=1S/C19H32N4S/c1-20-19(22-16-11-12-18(15-16)24-3)21-13-7-8-14-23(2)17-9-5-4-6-10-17/h4-6,9-10,16,18H,7-8,11-15H2,1-3H3,(H2,20,21,22). The van der Waals surface area contributed by atoms with Crippen molar-refractivity contribution in [2.45, 2.75) is 43.4 Å². The molecule has 0 radical (unpaired) electrons. The molecule has 1 aliphatic carbocycles. The zero-order valence-electron chi connectivity index (χ0n) is 15.3. The summed E-state index contributed by atoms with van der Waals surface area (Å²) in [6.45, 7) is 2.05. The maximum Gasteiger partial charge on any atom is 0.191 e. The fraction of sp³-hybridized carbons (Fsp3) is 0.632. The van der Waals surface area contributed by atoms with Crippen LogP contribution < -0.4 is 15.5 Å². The topological polar surface area (TPSA) is 39.7 Å². The number of para-hydroxylation sites is 1. The van der Waals surface area contributed by atoms with E-state index in [1.165, 1.54) is 31.4 Å². The van der Waals surface area contributed by atoms with Gasteiger partial charge in [0.15, 0.2) is 5.96 Å². The first kappa shape index (κ1) is 19.0. The Kier molecular flexibility index (Phi) is 8.29. The van der Waals surface area contributed by atoms with E-state index in [1.54, 1.807) is 0 Å². The molecule has 4 nitrogen and oxygen atoms in total. The van der Waals surface area contributed by atoms with E-state index in [4.69, 9.17) is 0 Å². The van der Waals surface area contributed by atoms with Gasteiger partial charge in [-0.3, -0.25) is 4.99 Å². The predicted molar refractivity (Wildman–Crippen MR) is 108 cm³/mol. The minimum Gasteiger partial charge on any atom is -0.375 e. The number of hydrogen-bond acceptors (Lipinski definition) is 3. The van der Waals surface area contributed by atoms with Gasteiger partial charge >= 0.3 is 0 Å². The molecule has 0 aromatic heterocycles. The Hall–Kier alpha value is -1.36. The second-order valence-corrected chi connectivity index (χ2v) is 7.61. The molecule has 134 valence electrons. The van der Waals surface area contributed by atoms with E-state index in [2.05, 4.69) is 64.2 Å². The highest BCUT2D eigenvalue weighted by atomic mass is 32.2. The van der Waals surface area contributed by atoms with Crippen molar-refractivity contribution in [2.75, 3.05) is 38.3 Å². The summed E-state index contributed by atoms with van der Waals surface area (Å²) in [5, 5.41) is 7.84. The van der Waals surface area contributed by atoms with Gasteiger partial charge in [-0.25, -0.2) is 0 Å². The molecule has 2 unspecified atom stereocenters. The number of unbranched alkanes of at least 4 members (excludes halogenated alkanes) is 1. The molecular weight excluding hydrogens is 316 g/mol. The van der Waals surface area contributed by atoms with Gasteiger partial charge in [-0.15, -0.1) is 0 Å². The van der Waals surface area contributed by atoms with Crippen molar-refractivity contribution in [3.63, 3.8) is 0 Å². The molecule has 2 N–H and O–H groups in total. The minimum absolute atomic E-state index is 0.581. The number of guanidine groups is 1. The largest absolute Gasteiger partial charge is 0.375 e. The van der Waals surface area contributed by atoms with Gasteiger partial charge in [-0.1, -0.05) is 18.2 Å². The van der Waals surface area contributed by atoms with Gasteiger partial charge < -0.3 is 15.5 Å². The molecular formula is C19H32N4S. The summed E-state index contributed by atoms with van der Waals surface area (Å²) in [6, 6.07) is 11.1. The summed E-state index contributed by atoms with van der Waals surface area (Å²) in [4.78, 5) is 6.67. The number of benzene rings is 1. The van der Waals surface area contributed by atoms with Crippen molar-refractivity contribution in [1.29, 1.82) is 0 Å². The monoisotopic (exact) mass is 348 g/mol. The summed E-state index contributed by atoms with van der Waals surface area (Å²) >= 11 is 1.99. The molecule has 24 heavy (non-hydrogen) atoms. The number of aliphatic imine (C=N–C) groups is 1. The summed E-state index contributed by atoms with van der Waals surface area (Å²) in [6.07, 6.45) is 8.37. The maximum atomic E-state index is 4.36. The SMILES string of the molecule is CN=C(NCCCCN(C)c1ccccc1)NC1CCC(SC)C1. The average molecular weight is 349 g/mol. The third kappa shape index (κ3) is 6.27. The second kappa shape index (κ2) is 10.5. The second-order valence-electron chi connectivity index (χ2n) is 6.48. The zero-order chi connectivity index (χ0) is 17.2. The smallest absolute Gasteiger partial charge is 0.191 e. The van der Waals surface area contributed by atoms with Crippen LogP contribution in [0.25, 0.3) is 0 Å². The van der Waals surface area contributed by atoms with Crippen LogP contribution in [0.1, 0.15) is 32.1 Å². The first-order valence-electron chi connectivity index (χ1n) is 8.99. The summed E-state index contributed by atoms with van der Waals surface area (Å²) in [5.41, 5.74) is 1.28. The van der Waals surface area contributed by atoms with Crippen LogP contribution in [0.4, 0.5) is 5.69 Å². The molecule has 1 aromatic rings. The van der Waals surface area contributed by atoms with E-state index in [-0.39, 0.29) is 0 Å². The lowest BCUT2D eigenvalue weighted by atomic mass is 10.2. The molecule has 1 aromatic carbocycles. The summed E-state index contributed by atoms with van der Waals surface area (Å²) < 4.78 is 0. The molecule has 0 amide bonds. The van der Waals surface area contributed by atoms with E-state index in [1.807, 2.05) is 18.8 Å². The lowest BCUT2D eigenvalue weighted by molar-refractivity contribution is 0.608. The van der Waals surface area contributed by atoms with Crippen LogP contribution in [0.15, 0.2) is 35.3 Å². The molecule has 0 aliphatic heterocycles. The Morgan fingerprint density at radius 2 is 2.04 bits per heavy atom. The van der Waals surface area contributed by atoms with Crippen molar-refractivity contribution in [2.24, 2.45) is 4.99 Å². The minimum atomic E-state index is 0.581. The number of nitrogens with zero attached hydrogens (tertiary/aromatic N) is 2. The molecule has 0 heterocycles. The molecule has 1 aliphatic rings. The highest BCUT2D eigenvalue weighted by Crippen LogP contribution is 2.27. The molecule has 2 rings (SSSR count). The Balaban J connectivity index is 1.59. The van der Waals surface area contributed by atoms with Gasteiger partial charge in [-0.05, 0) is 50.5 Å². The van der Waals surface area contributed by atoms with Crippen molar-refractivity contribution in [1.82, 2.24) is 10.6 Å². The van der Waals surface area contributed by atoms with Crippen LogP contribution >= 0.6 is 11.8 Å². The highest BCUT2D eigenvalue weighted by molar-refractivity contribution is 7.99. The third-order valence-corrected chi connectivity index (χ3v) is 5.79. The molecule has 1 fully saturated rings. The Morgan fingerprint density at radius 1 is 1.25 bits per heavy atom. The molecule has 0 spiro atoms. The van der Waals surface area contributed by atoms with Crippen molar-refractivity contribution < 1.29 is 0 Å². The fourth-order valence-electron chi connectivity index (χ4n) is 3.17. The van der Waals surface area contributed by atoms with Gasteiger partial charge in [-0.2, -0.15) is 11.8 Å². The van der Waals surface area contributed by atoms with E-state index in [0.717, 1.165) is 30.7 Å². The highest BCUT2D eigenvalue weighted by Gasteiger charge is 2.24. The van der Waals surface area contributed by atoms with Gasteiger partial charge in [0.1, 0.15) is 0 Å².